The summed E-state index contributed by atoms with van der Waals surface area (Å²) in [4.78, 5) is 4.22. The molecule has 2 N–H and O–H groups in total. The number of rotatable bonds is 4. The molecule has 1 aromatic heterocycles. The van der Waals surface area contributed by atoms with Crippen LogP contribution in [0.2, 0.25) is 0 Å². The lowest BCUT2D eigenvalue weighted by Crippen LogP contribution is -2.53. The van der Waals surface area contributed by atoms with E-state index in [0.717, 1.165) is 0 Å². The standard InChI is InChI=1S/C14H20BNO4/c1-9-16-11-8-10(6-7-12(11)19-9)15(18)20-14(4,5)13(2,3)17/h6-8,17-18H,1-5H3. The van der Waals surface area contributed by atoms with Gasteiger partial charge in [0.05, 0.1) is 11.2 Å². The largest absolute Gasteiger partial charge is 0.491 e. The second-order valence-corrected chi connectivity index (χ2v) is 6.00. The minimum absolute atomic E-state index is 0.572. The minimum Gasteiger partial charge on any atom is -0.441 e. The Hall–Kier alpha value is -1.37. The number of aryl methyl sites for hydroxylation is 1. The third-order valence-corrected chi connectivity index (χ3v) is 3.68. The molecule has 1 aromatic carbocycles. The molecule has 0 spiro atoms. The molecule has 0 saturated heterocycles. The number of aromatic nitrogens is 1. The molecular weight excluding hydrogens is 257 g/mol. The van der Waals surface area contributed by atoms with Crippen molar-refractivity contribution in [2.45, 2.75) is 45.8 Å². The fourth-order valence-corrected chi connectivity index (χ4v) is 1.70. The van der Waals surface area contributed by atoms with Gasteiger partial charge >= 0.3 is 7.12 Å². The summed E-state index contributed by atoms with van der Waals surface area (Å²) in [5, 5.41) is 20.2. The molecule has 0 amide bonds. The average molecular weight is 277 g/mol. The Morgan fingerprint density at radius 3 is 2.50 bits per heavy atom. The highest BCUT2D eigenvalue weighted by Crippen LogP contribution is 2.25. The number of benzene rings is 1. The van der Waals surface area contributed by atoms with Gasteiger partial charge in [0.2, 0.25) is 0 Å². The predicted octanol–water partition coefficient (Wildman–Crippen LogP) is 1.39. The Morgan fingerprint density at radius 2 is 1.90 bits per heavy atom. The molecular formula is C14H20BNO4. The Morgan fingerprint density at radius 1 is 1.25 bits per heavy atom. The molecule has 0 radical (unpaired) electrons. The smallest absolute Gasteiger partial charge is 0.441 e. The van der Waals surface area contributed by atoms with Gasteiger partial charge in [-0.3, -0.25) is 0 Å². The molecule has 0 atom stereocenters. The minimum atomic E-state index is -1.14. The molecule has 2 rings (SSSR count). The van der Waals surface area contributed by atoms with E-state index in [1.165, 1.54) is 0 Å². The molecule has 20 heavy (non-hydrogen) atoms. The molecule has 0 fully saturated rings. The summed E-state index contributed by atoms with van der Waals surface area (Å²) < 4.78 is 11.0. The van der Waals surface area contributed by atoms with Gasteiger partial charge in [0.15, 0.2) is 11.5 Å². The van der Waals surface area contributed by atoms with E-state index in [1.54, 1.807) is 52.8 Å². The first-order valence-electron chi connectivity index (χ1n) is 6.55. The zero-order chi connectivity index (χ0) is 15.1. The highest BCUT2D eigenvalue weighted by atomic mass is 16.5. The van der Waals surface area contributed by atoms with Gasteiger partial charge in [-0.2, -0.15) is 0 Å². The summed E-state index contributed by atoms with van der Waals surface area (Å²) in [6.45, 7) is 8.52. The van der Waals surface area contributed by atoms with Crippen LogP contribution in [-0.4, -0.2) is 33.4 Å². The number of oxazole rings is 1. The first-order chi connectivity index (χ1) is 9.10. The summed E-state index contributed by atoms with van der Waals surface area (Å²) in [5.41, 5.74) is -0.0732. The van der Waals surface area contributed by atoms with E-state index in [1.807, 2.05) is 0 Å². The Balaban J connectivity index is 2.25. The van der Waals surface area contributed by atoms with Gasteiger partial charge in [-0.25, -0.2) is 4.98 Å². The highest BCUT2D eigenvalue weighted by molar-refractivity contribution is 6.60. The number of aliphatic hydroxyl groups is 1. The number of nitrogens with zero attached hydrogens (tertiary/aromatic N) is 1. The van der Waals surface area contributed by atoms with Crippen LogP contribution in [-0.2, 0) is 4.65 Å². The van der Waals surface area contributed by atoms with E-state index in [0.29, 0.717) is 22.5 Å². The first-order valence-corrected chi connectivity index (χ1v) is 6.55. The van der Waals surface area contributed by atoms with Gasteiger partial charge in [0, 0.05) is 6.92 Å². The molecule has 5 nitrogen and oxygen atoms in total. The zero-order valence-corrected chi connectivity index (χ0v) is 12.5. The zero-order valence-electron chi connectivity index (χ0n) is 12.5. The monoisotopic (exact) mass is 277 g/mol. The van der Waals surface area contributed by atoms with Crippen molar-refractivity contribution >= 4 is 23.7 Å². The summed E-state index contributed by atoms with van der Waals surface area (Å²) in [6.07, 6.45) is 0. The number of hydrogen-bond acceptors (Lipinski definition) is 5. The maximum atomic E-state index is 10.2. The third-order valence-electron chi connectivity index (χ3n) is 3.68. The predicted molar refractivity (Wildman–Crippen MR) is 77.8 cm³/mol. The highest BCUT2D eigenvalue weighted by Gasteiger charge is 2.39. The van der Waals surface area contributed by atoms with Gasteiger partial charge in [-0.15, -0.1) is 0 Å². The number of fused-ring (bicyclic) bond motifs is 1. The molecule has 0 aliphatic rings. The summed E-state index contributed by atoms with van der Waals surface area (Å²) >= 11 is 0. The van der Waals surface area contributed by atoms with Crippen molar-refractivity contribution in [3.05, 3.63) is 24.1 Å². The van der Waals surface area contributed by atoms with Crippen LogP contribution >= 0.6 is 0 Å². The third kappa shape index (κ3) is 2.87. The van der Waals surface area contributed by atoms with Crippen molar-refractivity contribution < 1.29 is 19.2 Å². The summed E-state index contributed by atoms with van der Waals surface area (Å²) in [5.74, 6) is 0.573. The molecule has 2 aromatic rings. The van der Waals surface area contributed by atoms with Crippen LogP contribution in [0, 0.1) is 6.92 Å². The quantitative estimate of drug-likeness (QED) is 0.826. The van der Waals surface area contributed by atoms with E-state index in [2.05, 4.69) is 4.98 Å². The van der Waals surface area contributed by atoms with Gasteiger partial charge in [0.25, 0.3) is 0 Å². The summed E-state index contributed by atoms with van der Waals surface area (Å²) in [6, 6.07) is 5.18. The van der Waals surface area contributed by atoms with E-state index in [4.69, 9.17) is 9.07 Å². The van der Waals surface area contributed by atoms with Crippen LogP contribution in [0.3, 0.4) is 0 Å². The van der Waals surface area contributed by atoms with Crippen LogP contribution in [0.5, 0.6) is 0 Å². The molecule has 0 unspecified atom stereocenters. The van der Waals surface area contributed by atoms with Crippen LogP contribution in [0.25, 0.3) is 11.1 Å². The van der Waals surface area contributed by atoms with Crippen molar-refractivity contribution in [3.8, 4) is 0 Å². The van der Waals surface area contributed by atoms with Crippen LogP contribution in [0.1, 0.15) is 33.6 Å². The lowest BCUT2D eigenvalue weighted by molar-refractivity contribution is -0.0982. The fraction of sp³-hybridized carbons (Fsp3) is 0.500. The van der Waals surface area contributed by atoms with Crippen LogP contribution in [0.15, 0.2) is 22.6 Å². The van der Waals surface area contributed by atoms with Crippen LogP contribution in [0.4, 0.5) is 0 Å². The second kappa shape index (κ2) is 4.88. The van der Waals surface area contributed by atoms with Crippen molar-refractivity contribution in [3.63, 3.8) is 0 Å². The van der Waals surface area contributed by atoms with Crippen molar-refractivity contribution in [1.29, 1.82) is 0 Å². The lowest BCUT2D eigenvalue weighted by atomic mass is 9.76. The van der Waals surface area contributed by atoms with Gasteiger partial charge in [-0.05, 0) is 45.3 Å². The van der Waals surface area contributed by atoms with Gasteiger partial charge < -0.3 is 19.2 Å². The molecule has 0 aliphatic carbocycles. The molecule has 0 saturated carbocycles. The maximum absolute atomic E-state index is 10.2. The molecule has 6 heteroatoms. The van der Waals surface area contributed by atoms with Crippen molar-refractivity contribution in [1.82, 2.24) is 4.98 Å². The van der Waals surface area contributed by atoms with Crippen molar-refractivity contribution in [2.75, 3.05) is 0 Å². The van der Waals surface area contributed by atoms with E-state index >= 15 is 0 Å². The van der Waals surface area contributed by atoms with Gasteiger partial charge in [0.1, 0.15) is 5.52 Å². The molecule has 1 heterocycles. The Bertz CT molecular complexity index is 615. The topological polar surface area (TPSA) is 75.7 Å². The van der Waals surface area contributed by atoms with E-state index in [9.17, 15) is 10.1 Å². The second-order valence-electron chi connectivity index (χ2n) is 6.00. The van der Waals surface area contributed by atoms with Gasteiger partial charge in [-0.1, -0.05) is 6.07 Å². The normalized spacial score (nSPS) is 12.9. The SMILES string of the molecule is Cc1nc2cc(B(O)OC(C)(C)C(C)(C)O)ccc2o1. The molecule has 108 valence electrons. The van der Waals surface area contributed by atoms with Crippen LogP contribution < -0.4 is 5.46 Å². The van der Waals surface area contributed by atoms with E-state index < -0.39 is 18.3 Å². The number of hydrogen-bond donors (Lipinski definition) is 2. The van der Waals surface area contributed by atoms with Crippen molar-refractivity contribution in [2.24, 2.45) is 0 Å². The average Bonchev–Trinajstić information content (AvgIpc) is 2.65. The Labute approximate surface area is 118 Å². The lowest BCUT2D eigenvalue weighted by Gasteiger charge is -2.38. The summed E-state index contributed by atoms with van der Waals surface area (Å²) in [7, 11) is -1.14. The molecule has 0 aliphatic heterocycles. The van der Waals surface area contributed by atoms with E-state index in [-0.39, 0.29) is 0 Å². The fourth-order valence-electron chi connectivity index (χ4n) is 1.70. The first kappa shape index (κ1) is 15.0. The maximum Gasteiger partial charge on any atom is 0.491 e. The Kier molecular flexibility index (Phi) is 3.66. The molecule has 0 bridgehead atoms.